The van der Waals surface area contributed by atoms with Crippen LogP contribution in [-0.4, -0.2) is 27.5 Å². The van der Waals surface area contributed by atoms with Crippen molar-refractivity contribution in [3.63, 3.8) is 0 Å². The number of aromatic nitrogens is 3. The number of aryl methyl sites for hydroxylation is 1. The van der Waals surface area contributed by atoms with Crippen LogP contribution in [0.2, 0.25) is 0 Å². The number of carbonyl (C=O) groups is 1. The van der Waals surface area contributed by atoms with E-state index >= 15 is 0 Å². The molecule has 6 heteroatoms. The minimum Gasteiger partial charge on any atom is -0.351 e. The van der Waals surface area contributed by atoms with Gasteiger partial charge in [-0.25, -0.2) is 9.78 Å². The van der Waals surface area contributed by atoms with Crippen molar-refractivity contribution in [3.8, 4) is 22.3 Å². The van der Waals surface area contributed by atoms with Gasteiger partial charge in [-0.3, -0.25) is 14.9 Å². The third kappa shape index (κ3) is 2.94. The van der Waals surface area contributed by atoms with Crippen molar-refractivity contribution in [1.82, 2.24) is 15.0 Å². The third-order valence-corrected chi connectivity index (χ3v) is 4.38. The zero-order chi connectivity index (χ0) is 17.2. The van der Waals surface area contributed by atoms with Gasteiger partial charge in [0.05, 0.1) is 0 Å². The van der Waals surface area contributed by atoms with Crippen molar-refractivity contribution in [1.29, 1.82) is 0 Å². The van der Waals surface area contributed by atoms with Gasteiger partial charge in [0.2, 0.25) is 0 Å². The van der Waals surface area contributed by atoms with E-state index in [-0.39, 0.29) is 0 Å². The Morgan fingerprint density at radius 3 is 2.44 bits per heavy atom. The molecule has 6 nitrogen and oxygen atoms in total. The van der Waals surface area contributed by atoms with Crippen molar-refractivity contribution < 1.29 is 4.79 Å². The first-order valence-electron chi connectivity index (χ1n) is 8.14. The molecule has 0 bridgehead atoms. The molecule has 0 saturated carbocycles. The van der Waals surface area contributed by atoms with E-state index in [2.05, 4.69) is 27.1 Å². The SMILES string of the molecule is NC(=O)N1CCCc2cc(-c3cncc(-c4ccncc4)c3)cnc21. The fourth-order valence-corrected chi connectivity index (χ4v) is 3.14. The largest absolute Gasteiger partial charge is 0.351 e. The lowest BCUT2D eigenvalue weighted by atomic mass is 9.99. The summed E-state index contributed by atoms with van der Waals surface area (Å²) in [4.78, 5) is 26.0. The van der Waals surface area contributed by atoms with Gasteiger partial charge < -0.3 is 5.73 Å². The van der Waals surface area contributed by atoms with E-state index in [1.54, 1.807) is 18.6 Å². The molecule has 0 saturated heterocycles. The fourth-order valence-electron chi connectivity index (χ4n) is 3.14. The van der Waals surface area contributed by atoms with Gasteiger partial charge in [-0.1, -0.05) is 0 Å². The van der Waals surface area contributed by atoms with Gasteiger partial charge in [-0.15, -0.1) is 0 Å². The molecule has 2 N–H and O–H groups in total. The van der Waals surface area contributed by atoms with Gasteiger partial charge in [0.15, 0.2) is 0 Å². The molecule has 124 valence electrons. The molecule has 0 unspecified atom stereocenters. The van der Waals surface area contributed by atoms with Gasteiger partial charge in [0.1, 0.15) is 5.82 Å². The molecule has 0 spiro atoms. The molecule has 0 aromatic carbocycles. The second-order valence-electron chi connectivity index (χ2n) is 6.00. The monoisotopic (exact) mass is 331 g/mol. The van der Waals surface area contributed by atoms with Crippen LogP contribution < -0.4 is 10.6 Å². The predicted octanol–water partition coefficient (Wildman–Crippen LogP) is 3.04. The zero-order valence-corrected chi connectivity index (χ0v) is 13.6. The number of fused-ring (bicyclic) bond motifs is 1. The van der Waals surface area contributed by atoms with Crippen LogP contribution in [0.15, 0.2) is 55.2 Å². The van der Waals surface area contributed by atoms with Gasteiger partial charge in [-0.05, 0) is 48.2 Å². The lowest BCUT2D eigenvalue weighted by molar-refractivity contribution is 0.253. The van der Waals surface area contributed by atoms with E-state index in [9.17, 15) is 4.79 Å². The van der Waals surface area contributed by atoms with Crippen molar-refractivity contribution >= 4 is 11.8 Å². The van der Waals surface area contributed by atoms with E-state index in [4.69, 9.17) is 5.73 Å². The Labute approximate surface area is 145 Å². The number of hydrogen-bond acceptors (Lipinski definition) is 4. The number of primary amides is 1. The van der Waals surface area contributed by atoms with Crippen molar-refractivity contribution in [2.45, 2.75) is 12.8 Å². The molecule has 2 amide bonds. The number of nitrogens with two attached hydrogens (primary N) is 1. The summed E-state index contributed by atoms with van der Waals surface area (Å²) in [5.74, 6) is 0.667. The first-order valence-corrected chi connectivity index (χ1v) is 8.14. The van der Waals surface area contributed by atoms with Crippen molar-refractivity contribution in [2.75, 3.05) is 11.4 Å². The number of nitrogens with zero attached hydrogens (tertiary/aromatic N) is 4. The highest BCUT2D eigenvalue weighted by Crippen LogP contribution is 2.30. The van der Waals surface area contributed by atoms with Crippen LogP contribution in [0.25, 0.3) is 22.3 Å². The van der Waals surface area contributed by atoms with Crippen LogP contribution in [0.3, 0.4) is 0 Å². The topological polar surface area (TPSA) is 85.0 Å². The molecule has 25 heavy (non-hydrogen) atoms. The minimum absolute atomic E-state index is 0.456. The summed E-state index contributed by atoms with van der Waals surface area (Å²) in [6.07, 6.45) is 10.7. The maximum Gasteiger partial charge on any atom is 0.320 e. The van der Waals surface area contributed by atoms with Gasteiger partial charge in [0, 0.05) is 54.2 Å². The van der Waals surface area contributed by atoms with Crippen LogP contribution in [0.1, 0.15) is 12.0 Å². The first kappa shape index (κ1) is 15.3. The molecule has 3 aromatic heterocycles. The summed E-state index contributed by atoms with van der Waals surface area (Å²) in [6.45, 7) is 0.619. The Morgan fingerprint density at radius 2 is 1.68 bits per heavy atom. The molecule has 1 aliphatic heterocycles. The van der Waals surface area contributed by atoms with E-state index in [0.29, 0.717) is 12.4 Å². The first-order chi connectivity index (χ1) is 12.2. The number of pyridine rings is 3. The van der Waals surface area contributed by atoms with E-state index < -0.39 is 6.03 Å². The molecule has 0 fully saturated rings. The van der Waals surface area contributed by atoms with Gasteiger partial charge >= 0.3 is 6.03 Å². The van der Waals surface area contributed by atoms with Crippen molar-refractivity contribution in [3.05, 3.63) is 60.8 Å². The number of urea groups is 1. The summed E-state index contributed by atoms with van der Waals surface area (Å²) in [6, 6.07) is 7.61. The molecule has 0 atom stereocenters. The standard InChI is InChI=1S/C19H17N5O/c20-19(25)24-7-1-2-14-8-17(12-23-18(14)24)16-9-15(10-22-11-16)13-3-5-21-6-4-13/h3-6,8-12H,1-2,7H2,(H2,20,25). The van der Waals surface area contributed by atoms with Crippen LogP contribution in [0.4, 0.5) is 10.6 Å². The summed E-state index contributed by atoms with van der Waals surface area (Å²) < 4.78 is 0. The summed E-state index contributed by atoms with van der Waals surface area (Å²) in [5.41, 5.74) is 10.5. The van der Waals surface area contributed by atoms with Crippen LogP contribution in [-0.2, 0) is 6.42 Å². The molecule has 4 heterocycles. The van der Waals surface area contributed by atoms with Crippen molar-refractivity contribution in [2.24, 2.45) is 5.73 Å². The average molecular weight is 331 g/mol. The normalized spacial score (nSPS) is 13.4. The minimum atomic E-state index is -0.456. The van der Waals surface area contributed by atoms with Crippen LogP contribution in [0.5, 0.6) is 0 Å². The highest BCUT2D eigenvalue weighted by atomic mass is 16.2. The maximum atomic E-state index is 11.6. The number of anilines is 1. The second-order valence-corrected chi connectivity index (χ2v) is 6.00. The average Bonchev–Trinajstić information content (AvgIpc) is 2.68. The lowest BCUT2D eigenvalue weighted by Crippen LogP contribution is -2.40. The Kier molecular flexibility index (Phi) is 3.85. The van der Waals surface area contributed by atoms with Crippen LogP contribution in [0, 0.1) is 0 Å². The molecule has 0 radical (unpaired) electrons. The fraction of sp³-hybridized carbons (Fsp3) is 0.158. The number of hydrogen-bond donors (Lipinski definition) is 1. The Hall–Kier alpha value is -3.28. The Morgan fingerprint density at radius 1 is 0.960 bits per heavy atom. The van der Waals surface area contributed by atoms with E-state index in [1.165, 1.54) is 4.90 Å². The van der Waals surface area contributed by atoms with E-state index in [1.807, 2.05) is 24.5 Å². The molecule has 1 aliphatic rings. The summed E-state index contributed by atoms with van der Waals surface area (Å²) >= 11 is 0. The molecular weight excluding hydrogens is 314 g/mol. The van der Waals surface area contributed by atoms with Gasteiger partial charge in [0.25, 0.3) is 0 Å². The molecule has 4 rings (SSSR count). The summed E-state index contributed by atoms with van der Waals surface area (Å²) in [7, 11) is 0. The quantitative estimate of drug-likeness (QED) is 0.782. The number of amides is 2. The highest BCUT2D eigenvalue weighted by Gasteiger charge is 2.22. The lowest BCUT2D eigenvalue weighted by Gasteiger charge is -2.26. The van der Waals surface area contributed by atoms with E-state index in [0.717, 1.165) is 40.7 Å². The molecule has 3 aromatic rings. The molecular formula is C19H17N5O. The zero-order valence-electron chi connectivity index (χ0n) is 13.6. The third-order valence-electron chi connectivity index (χ3n) is 4.38. The van der Waals surface area contributed by atoms with Gasteiger partial charge in [-0.2, -0.15) is 0 Å². The Bertz CT molecular complexity index is 926. The number of rotatable bonds is 2. The predicted molar refractivity (Wildman–Crippen MR) is 95.9 cm³/mol. The summed E-state index contributed by atoms with van der Waals surface area (Å²) in [5, 5.41) is 0. The maximum absolute atomic E-state index is 11.6. The second kappa shape index (κ2) is 6.32. The number of carbonyl (C=O) groups excluding carboxylic acids is 1. The highest BCUT2D eigenvalue weighted by molar-refractivity contribution is 5.91. The van der Waals surface area contributed by atoms with Crippen LogP contribution >= 0.6 is 0 Å². The Balaban J connectivity index is 1.73. The molecule has 0 aliphatic carbocycles. The smallest absolute Gasteiger partial charge is 0.320 e.